The van der Waals surface area contributed by atoms with Gasteiger partial charge in [0.1, 0.15) is 11.4 Å². The van der Waals surface area contributed by atoms with Crippen molar-refractivity contribution in [2.24, 2.45) is 16.7 Å². The number of hydrogen-bond donors (Lipinski definition) is 0. The minimum atomic E-state index is -3.26. The Hall–Kier alpha value is -2.25. The van der Waals surface area contributed by atoms with Gasteiger partial charge in [-0.15, -0.1) is 6.58 Å². The zero-order valence-corrected chi connectivity index (χ0v) is 20.0. The number of sulfone groups is 1. The predicted molar refractivity (Wildman–Crippen MR) is 124 cm³/mol. The molecule has 7 heteroatoms. The van der Waals surface area contributed by atoms with E-state index < -0.39 is 15.5 Å². The van der Waals surface area contributed by atoms with E-state index in [9.17, 15) is 12.8 Å². The fourth-order valence-electron chi connectivity index (χ4n) is 5.42. The van der Waals surface area contributed by atoms with Gasteiger partial charge in [-0.2, -0.15) is 0 Å². The smallest absolute Gasteiger partial charge is 0.177 e. The summed E-state index contributed by atoms with van der Waals surface area (Å²) in [5.74, 6) is 1.13. The van der Waals surface area contributed by atoms with Crippen LogP contribution in [0.3, 0.4) is 0 Å². The van der Waals surface area contributed by atoms with Crippen molar-refractivity contribution in [1.82, 2.24) is 9.88 Å². The third-order valence-electron chi connectivity index (χ3n) is 7.10. The molecule has 0 bridgehead atoms. The zero-order valence-electron chi connectivity index (χ0n) is 19.1. The van der Waals surface area contributed by atoms with Gasteiger partial charge in [0.05, 0.1) is 17.2 Å². The highest BCUT2D eigenvalue weighted by Gasteiger charge is 2.76. The minimum absolute atomic E-state index is 0.0243. The second-order valence-corrected chi connectivity index (χ2v) is 12.1. The Balaban J connectivity index is 1.38. The summed E-state index contributed by atoms with van der Waals surface area (Å²) in [6, 6.07) is 10.9. The number of alkyl halides is 1. The molecule has 1 saturated carbocycles. The zero-order chi connectivity index (χ0) is 23.4. The summed E-state index contributed by atoms with van der Waals surface area (Å²) in [6.07, 6.45) is 4.59. The van der Waals surface area contributed by atoms with Crippen molar-refractivity contribution in [2.45, 2.75) is 31.3 Å². The Morgan fingerprint density at radius 2 is 1.94 bits per heavy atom. The Morgan fingerprint density at radius 3 is 2.44 bits per heavy atom. The summed E-state index contributed by atoms with van der Waals surface area (Å²) in [4.78, 5) is 6.67. The third kappa shape index (κ3) is 4.08. The molecule has 1 aromatic carbocycles. The summed E-state index contributed by atoms with van der Waals surface area (Å²) in [6.45, 7) is 12.3. The number of hydrogen-bond acceptors (Lipinski definition) is 5. The number of pyridine rings is 1. The molecular weight excluding hydrogens is 427 g/mol. The minimum Gasteiger partial charge on any atom is -0.493 e. The molecule has 5 nitrogen and oxygen atoms in total. The van der Waals surface area contributed by atoms with Gasteiger partial charge in [0, 0.05) is 49.0 Å². The van der Waals surface area contributed by atoms with Crippen molar-refractivity contribution in [1.29, 1.82) is 0 Å². The summed E-state index contributed by atoms with van der Waals surface area (Å²) in [5.41, 5.74) is 0.423. The van der Waals surface area contributed by atoms with Gasteiger partial charge in [0.25, 0.3) is 0 Å². The highest BCUT2D eigenvalue weighted by atomic mass is 32.2. The second-order valence-electron chi connectivity index (χ2n) is 10.1. The van der Waals surface area contributed by atoms with Crippen LogP contribution in [0.5, 0.6) is 5.75 Å². The number of rotatable bonds is 8. The van der Waals surface area contributed by atoms with Gasteiger partial charge in [-0.05, 0) is 55.7 Å². The molecule has 1 aliphatic carbocycles. The lowest BCUT2D eigenvalue weighted by Gasteiger charge is -2.27. The number of likely N-dealkylation sites (tertiary alicyclic amines) is 1. The molecule has 0 radical (unpaired) electrons. The number of nitrogens with zero attached hydrogens (tertiary/aromatic N) is 2. The largest absolute Gasteiger partial charge is 0.493 e. The van der Waals surface area contributed by atoms with E-state index in [0.717, 1.165) is 24.4 Å². The number of benzene rings is 1. The molecule has 0 spiro atoms. The van der Waals surface area contributed by atoms with E-state index in [1.165, 1.54) is 12.5 Å². The van der Waals surface area contributed by atoms with Crippen LogP contribution in [0.15, 0.2) is 60.1 Å². The van der Waals surface area contributed by atoms with Crippen LogP contribution in [-0.4, -0.2) is 56.5 Å². The highest BCUT2D eigenvalue weighted by molar-refractivity contribution is 7.90. The maximum atomic E-state index is 14.1. The van der Waals surface area contributed by atoms with E-state index in [-0.39, 0.29) is 15.7 Å². The molecule has 4 rings (SSSR count). The topological polar surface area (TPSA) is 59.5 Å². The molecule has 3 unspecified atom stereocenters. The Bertz CT molecular complexity index is 1110. The molecule has 172 valence electrons. The quantitative estimate of drug-likeness (QED) is 0.549. The Morgan fingerprint density at radius 1 is 1.25 bits per heavy atom. The van der Waals surface area contributed by atoms with E-state index in [1.807, 2.05) is 30.3 Å². The van der Waals surface area contributed by atoms with E-state index in [4.69, 9.17) is 4.74 Å². The van der Waals surface area contributed by atoms with Crippen molar-refractivity contribution in [3.63, 3.8) is 0 Å². The molecule has 2 fully saturated rings. The fraction of sp³-hybridized carbons (Fsp3) is 0.480. The number of fused-ring (bicyclic) bond motifs is 1. The number of piperidine rings is 1. The second kappa shape index (κ2) is 7.66. The van der Waals surface area contributed by atoms with Crippen LogP contribution >= 0.6 is 0 Å². The molecular formula is C25H31FN2O3S. The van der Waals surface area contributed by atoms with Gasteiger partial charge in [0.2, 0.25) is 0 Å². The summed E-state index contributed by atoms with van der Waals surface area (Å²) < 4.78 is 43.4. The standard InChI is InChI=1S/C25H31FN2O3S/c1-6-25-17-28(15-23(2,3)26)16-24(25,4)22(25)14-31-19-9-7-18(8-10-19)21-12-11-20(13-27-21)32(5,29)30/h6-13,22H,1,14-17H2,2-5H3. The lowest BCUT2D eigenvalue weighted by atomic mass is 9.99. The first-order valence-electron chi connectivity index (χ1n) is 10.8. The van der Waals surface area contributed by atoms with Gasteiger partial charge in [-0.3, -0.25) is 9.88 Å². The van der Waals surface area contributed by atoms with Crippen LogP contribution in [-0.2, 0) is 9.84 Å². The fourth-order valence-corrected chi connectivity index (χ4v) is 5.98. The number of halogens is 1. The SMILES string of the molecule is C=CC12CN(CC(C)(C)F)CC1(C)C2COc1ccc(-c2ccc(S(C)(=O)=O)cn2)cc1. The van der Waals surface area contributed by atoms with Gasteiger partial charge < -0.3 is 4.74 Å². The first-order valence-corrected chi connectivity index (χ1v) is 12.7. The van der Waals surface area contributed by atoms with Crippen LogP contribution in [0.1, 0.15) is 20.8 Å². The third-order valence-corrected chi connectivity index (χ3v) is 8.20. The van der Waals surface area contributed by atoms with Gasteiger partial charge in [0.15, 0.2) is 9.84 Å². The average molecular weight is 459 g/mol. The Labute approximate surface area is 190 Å². The molecule has 32 heavy (non-hydrogen) atoms. The predicted octanol–water partition coefficient (Wildman–Crippen LogP) is 4.40. The molecule has 0 amide bonds. The van der Waals surface area contributed by atoms with Crippen molar-refractivity contribution in [3.8, 4) is 17.0 Å². The van der Waals surface area contributed by atoms with Crippen LogP contribution in [0.4, 0.5) is 4.39 Å². The van der Waals surface area contributed by atoms with Crippen molar-refractivity contribution >= 4 is 9.84 Å². The first-order chi connectivity index (χ1) is 14.9. The van der Waals surface area contributed by atoms with Crippen molar-refractivity contribution in [2.75, 3.05) is 32.5 Å². The average Bonchev–Trinajstić information content (AvgIpc) is 3.04. The van der Waals surface area contributed by atoms with E-state index in [0.29, 0.717) is 24.8 Å². The van der Waals surface area contributed by atoms with Gasteiger partial charge in [-0.1, -0.05) is 13.0 Å². The molecule has 2 aromatic rings. The van der Waals surface area contributed by atoms with Gasteiger partial charge in [-0.25, -0.2) is 12.8 Å². The molecule has 1 saturated heterocycles. The van der Waals surface area contributed by atoms with Crippen LogP contribution in [0, 0.1) is 16.7 Å². The lowest BCUT2D eigenvalue weighted by molar-refractivity contribution is 0.116. The molecule has 2 heterocycles. The summed E-state index contributed by atoms with van der Waals surface area (Å²) in [7, 11) is -3.26. The summed E-state index contributed by atoms with van der Waals surface area (Å²) >= 11 is 0. The maximum absolute atomic E-state index is 14.1. The molecule has 1 aromatic heterocycles. The maximum Gasteiger partial charge on any atom is 0.177 e. The van der Waals surface area contributed by atoms with Crippen LogP contribution in [0.25, 0.3) is 11.3 Å². The highest BCUT2D eigenvalue weighted by Crippen LogP contribution is 2.73. The number of ether oxygens (including phenoxy) is 1. The Kier molecular flexibility index (Phi) is 5.49. The van der Waals surface area contributed by atoms with E-state index in [1.54, 1.807) is 26.0 Å². The number of aromatic nitrogens is 1. The van der Waals surface area contributed by atoms with Gasteiger partial charge >= 0.3 is 0 Å². The van der Waals surface area contributed by atoms with Crippen molar-refractivity contribution < 1.29 is 17.5 Å². The van der Waals surface area contributed by atoms with E-state index >= 15 is 0 Å². The van der Waals surface area contributed by atoms with Crippen molar-refractivity contribution in [3.05, 3.63) is 55.3 Å². The molecule has 2 aliphatic rings. The summed E-state index contributed by atoms with van der Waals surface area (Å²) in [5, 5.41) is 0. The monoisotopic (exact) mass is 458 g/mol. The molecule has 1 aliphatic heterocycles. The molecule has 0 N–H and O–H groups in total. The van der Waals surface area contributed by atoms with E-state index in [2.05, 4.69) is 23.4 Å². The normalized spacial score (nSPS) is 27.7. The lowest BCUT2D eigenvalue weighted by Crippen LogP contribution is -2.38. The van der Waals surface area contributed by atoms with Crippen LogP contribution < -0.4 is 4.74 Å². The molecule has 3 atom stereocenters. The van der Waals surface area contributed by atoms with Crippen LogP contribution in [0.2, 0.25) is 0 Å². The first kappa shape index (κ1) is 22.9.